The number of likely N-dealkylation sites (tertiary alicyclic amines) is 1. The normalized spacial score (nSPS) is 27.6. The topological polar surface area (TPSA) is 24.5 Å². The molecule has 1 saturated heterocycles. The Bertz CT molecular complexity index is 186. The van der Waals surface area contributed by atoms with Crippen molar-refractivity contribution in [2.24, 2.45) is 5.92 Å². The van der Waals surface area contributed by atoms with Crippen molar-refractivity contribution in [3.63, 3.8) is 0 Å². The van der Waals surface area contributed by atoms with Crippen molar-refractivity contribution in [2.75, 3.05) is 40.3 Å². The summed E-state index contributed by atoms with van der Waals surface area (Å²) in [6.45, 7) is 9.01. The number of nitrogens with one attached hydrogen (secondary N) is 1. The van der Waals surface area contributed by atoms with Crippen molar-refractivity contribution in [1.82, 2.24) is 10.2 Å². The van der Waals surface area contributed by atoms with Crippen LogP contribution in [0, 0.1) is 5.92 Å². The maximum Gasteiger partial charge on any atom is 0.0814 e. The van der Waals surface area contributed by atoms with E-state index in [0.29, 0.717) is 5.92 Å². The Morgan fingerprint density at radius 1 is 1.53 bits per heavy atom. The molecule has 3 heteroatoms. The van der Waals surface area contributed by atoms with E-state index in [9.17, 15) is 0 Å². The lowest BCUT2D eigenvalue weighted by Gasteiger charge is -2.42. The number of methoxy groups -OCH3 is 1. The molecule has 0 aromatic heterocycles. The highest BCUT2D eigenvalue weighted by molar-refractivity contribution is 4.89. The number of likely N-dealkylation sites (N-methyl/N-ethyl adjacent to an activating group) is 1. The molecule has 0 aromatic rings. The molecule has 0 bridgehead atoms. The highest BCUT2D eigenvalue weighted by atomic mass is 16.5. The average Bonchev–Trinajstić information content (AvgIpc) is 2.29. The summed E-state index contributed by atoms with van der Waals surface area (Å²) in [5.41, 5.74) is -0.0113. The Labute approximate surface area is 94.2 Å². The van der Waals surface area contributed by atoms with E-state index in [1.165, 1.54) is 25.9 Å². The number of hydrogen-bond donors (Lipinski definition) is 1. The van der Waals surface area contributed by atoms with Gasteiger partial charge in [-0.25, -0.2) is 0 Å². The first kappa shape index (κ1) is 12.9. The molecule has 1 rings (SSSR count). The fourth-order valence-electron chi connectivity index (χ4n) is 2.58. The van der Waals surface area contributed by atoms with Crippen LogP contribution in [0.1, 0.15) is 26.7 Å². The van der Waals surface area contributed by atoms with E-state index in [-0.39, 0.29) is 5.60 Å². The molecule has 0 aromatic carbocycles. The summed E-state index contributed by atoms with van der Waals surface area (Å²) in [7, 11) is 3.83. The molecule has 0 saturated carbocycles. The molecule has 90 valence electrons. The maximum absolute atomic E-state index is 5.72. The molecule has 1 aliphatic rings. The smallest absolute Gasteiger partial charge is 0.0814 e. The molecular formula is C12H26N2O. The lowest BCUT2D eigenvalue weighted by molar-refractivity contribution is -0.0631. The third-order valence-corrected chi connectivity index (χ3v) is 3.81. The molecule has 2 unspecified atom stereocenters. The lowest BCUT2D eigenvalue weighted by atomic mass is 9.82. The molecule has 0 amide bonds. The summed E-state index contributed by atoms with van der Waals surface area (Å²) in [6.07, 6.45) is 2.60. The van der Waals surface area contributed by atoms with Gasteiger partial charge >= 0.3 is 0 Å². The van der Waals surface area contributed by atoms with E-state index < -0.39 is 0 Å². The fourth-order valence-corrected chi connectivity index (χ4v) is 2.58. The first-order valence-electron chi connectivity index (χ1n) is 6.08. The second-order valence-corrected chi connectivity index (χ2v) is 4.78. The van der Waals surface area contributed by atoms with Gasteiger partial charge in [-0.05, 0) is 39.9 Å². The summed E-state index contributed by atoms with van der Waals surface area (Å²) in [4.78, 5) is 2.53. The molecule has 15 heavy (non-hydrogen) atoms. The van der Waals surface area contributed by atoms with Crippen LogP contribution < -0.4 is 5.32 Å². The number of hydrogen-bond acceptors (Lipinski definition) is 3. The standard InChI is InChI=1S/C12H26N2O/c1-5-14-8-6-7-11(9-14)12(2,15-4)10-13-3/h11,13H,5-10H2,1-4H3. The lowest BCUT2D eigenvalue weighted by Crippen LogP contribution is -2.51. The van der Waals surface area contributed by atoms with Gasteiger partial charge in [0, 0.05) is 26.1 Å². The highest BCUT2D eigenvalue weighted by Crippen LogP contribution is 2.29. The van der Waals surface area contributed by atoms with Crippen LogP contribution >= 0.6 is 0 Å². The highest BCUT2D eigenvalue weighted by Gasteiger charge is 2.36. The van der Waals surface area contributed by atoms with Crippen LogP contribution in [0.15, 0.2) is 0 Å². The van der Waals surface area contributed by atoms with Crippen molar-refractivity contribution in [3.05, 3.63) is 0 Å². The van der Waals surface area contributed by atoms with Gasteiger partial charge in [-0.2, -0.15) is 0 Å². The van der Waals surface area contributed by atoms with Gasteiger partial charge in [-0.15, -0.1) is 0 Å². The fraction of sp³-hybridized carbons (Fsp3) is 1.00. The van der Waals surface area contributed by atoms with Crippen LogP contribution in [-0.4, -0.2) is 50.8 Å². The van der Waals surface area contributed by atoms with Crippen LogP contribution in [0.2, 0.25) is 0 Å². The summed E-state index contributed by atoms with van der Waals surface area (Å²) in [5.74, 6) is 0.656. The van der Waals surface area contributed by atoms with Crippen LogP contribution in [0.4, 0.5) is 0 Å². The monoisotopic (exact) mass is 214 g/mol. The van der Waals surface area contributed by atoms with Gasteiger partial charge in [0.2, 0.25) is 0 Å². The number of piperidine rings is 1. The first-order chi connectivity index (χ1) is 7.16. The first-order valence-corrected chi connectivity index (χ1v) is 6.08. The minimum Gasteiger partial charge on any atom is -0.377 e. The van der Waals surface area contributed by atoms with E-state index in [0.717, 1.165) is 13.1 Å². The summed E-state index contributed by atoms with van der Waals surface area (Å²) in [6, 6.07) is 0. The molecule has 0 radical (unpaired) electrons. The Hall–Kier alpha value is -0.120. The number of rotatable bonds is 5. The van der Waals surface area contributed by atoms with Gasteiger partial charge in [0.25, 0.3) is 0 Å². The quantitative estimate of drug-likeness (QED) is 0.747. The average molecular weight is 214 g/mol. The second kappa shape index (κ2) is 5.83. The molecular weight excluding hydrogens is 188 g/mol. The van der Waals surface area contributed by atoms with Crippen LogP contribution in [0.25, 0.3) is 0 Å². The van der Waals surface area contributed by atoms with Crippen molar-refractivity contribution < 1.29 is 4.74 Å². The predicted molar refractivity (Wildman–Crippen MR) is 64.2 cm³/mol. The van der Waals surface area contributed by atoms with Crippen molar-refractivity contribution in [1.29, 1.82) is 0 Å². The zero-order valence-corrected chi connectivity index (χ0v) is 10.7. The summed E-state index contributed by atoms with van der Waals surface area (Å²) >= 11 is 0. The van der Waals surface area contributed by atoms with Gasteiger partial charge < -0.3 is 15.0 Å². The zero-order valence-electron chi connectivity index (χ0n) is 10.7. The molecule has 1 heterocycles. The maximum atomic E-state index is 5.72. The molecule has 1 N–H and O–H groups in total. The molecule has 3 nitrogen and oxygen atoms in total. The van der Waals surface area contributed by atoms with Gasteiger partial charge in [0.15, 0.2) is 0 Å². The van der Waals surface area contributed by atoms with Gasteiger partial charge in [-0.1, -0.05) is 6.92 Å². The van der Waals surface area contributed by atoms with Crippen molar-refractivity contribution in [3.8, 4) is 0 Å². The van der Waals surface area contributed by atoms with E-state index in [1.54, 1.807) is 0 Å². The van der Waals surface area contributed by atoms with E-state index in [4.69, 9.17) is 4.74 Å². The minimum absolute atomic E-state index is 0.0113. The van der Waals surface area contributed by atoms with Crippen LogP contribution in [0.3, 0.4) is 0 Å². The van der Waals surface area contributed by atoms with Gasteiger partial charge in [0.1, 0.15) is 0 Å². The van der Waals surface area contributed by atoms with Crippen LogP contribution in [0.5, 0.6) is 0 Å². The number of ether oxygens (including phenoxy) is 1. The zero-order chi connectivity index (χ0) is 11.3. The SMILES string of the molecule is CCN1CCCC(C(C)(CNC)OC)C1. The Morgan fingerprint density at radius 3 is 2.80 bits per heavy atom. The predicted octanol–water partition coefficient (Wildman–Crippen LogP) is 1.34. The largest absolute Gasteiger partial charge is 0.377 e. The van der Waals surface area contributed by atoms with Gasteiger partial charge in [-0.3, -0.25) is 0 Å². The van der Waals surface area contributed by atoms with E-state index in [2.05, 4.69) is 24.1 Å². The van der Waals surface area contributed by atoms with Crippen molar-refractivity contribution in [2.45, 2.75) is 32.3 Å². The Balaban J connectivity index is 2.58. The Morgan fingerprint density at radius 2 is 2.27 bits per heavy atom. The molecule has 2 atom stereocenters. The number of nitrogens with zero attached hydrogens (tertiary/aromatic N) is 1. The van der Waals surface area contributed by atoms with E-state index in [1.807, 2.05) is 14.2 Å². The summed E-state index contributed by atoms with van der Waals surface area (Å²) in [5, 5.41) is 3.25. The minimum atomic E-state index is -0.0113. The molecule has 1 fully saturated rings. The third kappa shape index (κ3) is 3.16. The van der Waals surface area contributed by atoms with Gasteiger partial charge in [0.05, 0.1) is 5.60 Å². The van der Waals surface area contributed by atoms with Crippen LogP contribution in [-0.2, 0) is 4.74 Å². The third-order valence-electron chi connectivity index (χ3n) is 3.81. The second-order valence-electron chi connectivity index (χ2n) is 4.78. The molecule has 1 aliphatic heterocycles. The van der Waals surface area contributed by atoms with Crippen molar-refractivity contribution >= 4 is 0 Å². The van der Waals surface area contributed by atoms with E-state index >= 15 is 0 Å². The molecule has 0 aliphatic carbocycles. The Kier molecular flexibility index (Phi) is 5.03. The summed E-state index contributed by atoms with van der Waals surface area (Å²) < 4.78 is 5.72. The molecule has 0 spiro atoms.